The van der Waals surface area contributed by atoms with E-state index in [0.717, 1.165) is 24.8 Å². The Balaban J connectivity index is 2.73. The van der Waals surface area contributed by atoms with E-state index in [2.05, 4.69) is 11.9 Å². The maximum atomic E-state index is 11.3. The number of unbranched alkanes of at least 4 members (excludes halogenated alkanes) is 1. The lowest BCUT2D eigenvalue weighted by Gasteiger charge is -2.15. The number of rotatable bonds is 7. The molecule has 0 aliphatic rings. The Kier molecular flexibility index (Phi) is 5.14. The molecule has 1 aromatic carbocycles. The zero-order valence-electron chi connectivity index (χ0n) is 13.1. The quantitative estimate of drug-likeness (QED) is 0.440. The van der Waals surface area contributed by atoms with Gasteiger partial charge < -0.3 is 9.47 Å². The average molecular weight is 304 g/mol. The van der Waals surface area contributed by atoms with Gasteiger partial charge in [0.25, 0.3) is 5.69 Å². The molecule has 0 amide bonds. The second-order valence-corrected chi connectivity index (χ2v) is 4.93. The molecule has 0 radical (unpaired) electrons. The first kappa shape index (κ1) is 16.0. The first-order chi connectivity index (χ1) is 10.6. The second kappa shape index (κ2) is 7.06. The molecule has 0 fully saturated rings. The molecule has 1 aromatic heterocycles. The lowest BCUT2D eigenvalue weighted by atomic mass is 10.0. The summed E-state index contributed by atoms with van der Waals surface area (Å²) in [5, 5.41) is 12.0. The molecule has 118 valence electrons. The van der Waals surface area contributed by atoms with Crippen molar-refractivity contribution in [2.75, 3.05) is 13.7 Å². The smallest absolute Gasteiger partial charge is 0.299 e. The second-order valence-electron chi connectivity index (χ2n) is 4.93. The van der Waals surface area contributed by atoms with Crippen LogP contribution in [0.15, 0.2) is 18.3 Å². The van der Waals surface area contributed by atoms with Crippen molar-refractivity contribution in [3.8, 4) is 11.5 Å². The highest BCUT2D eigenvalue weighted by Crippen LogP contribution is 2.42. The number of nitrogens with zero attached hydrogens (tertiary/aromatic N) is 2. The van der Waals surface area contributed by atoms with Gasteiger partial charge in [0.05, 0.1) is 30.1 Å². The summed E-state index contributed by atoms with van der Waals surface area (Å²) in [4.78, 5) is 15.1. The Hall–Kier alpha value is -2.37. The fraction of sp³-hybridized carbons (Fsp3) is 0.438. The molecular formula is C16H20N2O4. The number of hydrogen-bond donors (Lipinski definition) is 0. The molecule has 1 heterocycles. The molecule has 0 atom stereocenters. The van der Waals surface area contributed by atoms with Gasteiger partial charge in [0.1, 0.15) is 0 Å². The maximum Gasteiger partial charge on any atom is 0.299 e. The molecule has 0 saturated heterocycles. The van der Waals surface area contributed by atoms with Gasteiger partial charge in [-0.2, -0.15) is 0 Å². The molecular weight excluding hydrogens is 284 g/mol. The largest absolute Gasteiger partial charge is 0.493 e. The number of ether oxygens (including phenoxy) is 2. The van der Waals surface area contributed by atoms with Crippen molar-refractivity contribution in [3.63, 3.8) is 0 Å². The van der Waals surface area contributed by atoms with Crippen LogP contribution in [-0.2, 0) is 6.42 Å². The van der Waals surface area contributed by atoms with Crippen molar-refractivity contribution in [2.24, 2.45) is 0 Å². The Morgan fingerprint density at radius 2 is 2.14 bits per heavy atom. The third-order valence-corrected chi connectivity index (χ3v) is 3.54. The van der Waals surface area contributed by atoms with E-state index in [-0.39, 0.29) is 5.69 Å². The number of nitro groups is 1. The molecule has 0 bridgehead atoms. The molecule has 6 heteroatoms. The Morgan fingerprint density at radius 3 is 2.73 bits per heavy atom. The number of methoxy groups -OCH3 is 1. The van der Waals surface area contributed by atoms with Crippen molar-refractivity contribution >= 4 is 16.6 Å². The number of nitro benzene ring substituents is 1. The summed E-state index contributed by atoms with van der Waals surface area (Å²) in [5.41, 5.74) is 1.24. The van der Waals surface area contributed by atoms with Gasteiger partial charge in [-0.25, -0.2) is 4.98 Å². The van der Waals surface area contributed by atoms with E-state index in [1.165, 1.54) is 13.2 Å². The fourth-order valence-corrected chi connectivity index (χ4v) is 2.38. The molecule has 0 aliphatic carbocycles. The molecule has 6 nitrogen and oxygen atoms in total. The van der Waals surface area contributed by atoms with Crippen LogP contribution in [0.5, 0.6) is 11.5 Å². The predicted molar refractivity (Wildman–Crippen MR) is 84.7 cm³/mol. The lowest BCUT2D eigenvalue weighted by molar-refractivity contribution is -0.383. The number of aryl methyl sites for hydroxylation is 1. The van der Waals surface area contributed by atoms with Gasteiger partial charge in [0.15, 0.2) is 17.0 Å². The van der Waals surface area contributed by atoms with E-state index < -0.39 is 4.92 Å². The number of non-ortho nitro benzene ring substituents is 1. The van der Waals surface area contributed by atoms with Crippen LogP contribution in [0.3, 0.4) is 0 Å². The molecule has 0 spiro atoms. The van der Waals surface area contributed by atoms with Gasteiger partial charge in [0, 0.05) is 6.20 Å². The Morgan fingerprint density at radius 1 is 1.36 bits per heavy atom. The number of pyridine rings is 1. The summed E-state index contributed by atoms with van der Waals surface area (Å²) in [5.74, 6) is 0.916. The normalized spacial score (nSPS) is 10.7. The van der Waals surface area contributed by atoms with Crippen LogP contribution in [0.25, 0.3) is 10.9 Å². The van der Waals surface area contributed by atoms with Crippen LogP contribution >= 0.6 is 0 Å². The summed E-state index contributed by atoms with van der Waals surface area (Å²) in [7, 11) is 1.49. The molecule has 2 aromatic rings. The summed E-state index contributed by atoms with van der Waals surface area (Å²) >= 11 is 0. The molecule has 2 rings (SSSR count). The number of aromatic nitrogens is 1. The first-order valence-corrected chi connectivity index (χ1v) is 7.39. The maximum absolute atomic E-state index is 11.3. The van der Waals surface area contributed by atoms with Gasteiger partial charge in [-0.1, -0.05) is 20.3 Å². The minimum Gasteiger partial charge on any atom is -0.493 e. The Bertz CT molecular complexity index is 685. The predicted octanol–water partition coefficient (Wildman–Crippen LogP) is 3.89. The van der Waals surface area contributed by atoms with Crippen LogP contribution < -0.4 is 9.47 Å². The minimum atomic E-state index is -0.437. The lowest BCUT2D eigenvalue weighted by Crippen LogP contribution is -2.03. The summed E-state index contributed by atoms with van der Waals surface area (Å²) in [6.07, 6.45) is 4.24. The fourth-order valence-electron chi connectivity index (χ4n) is 2.38. The number of hydrogen-bond acceptors (Lipinski definition) is 5. The topological polar surface area (TPSA) is 74.5 Å². The van der Waals surface area contributed by atoms with Gasteiger partial charge in [-0.05, 0) is 24.5 Å². The molecule has 0 saturated carbocycles. The summed E-state index contributed by atoms with van der Waals surface area (Å²) in [6, 6.07) is 3.24. The molecule has 22 heavy (non-hydrogen) atoms. The minimum absolute atomic E-state index is 0.0648. The van der Waals surface area contributed by atoms with Gasteiger partial charge in [-0.3, -0.25) is 10.1 Å². The summed E-state index contributed by atoms with van der Waals surface area (Å²) in [6.45, 7) is 4.61. The van der Waals surface area contributed by atoms with Crippen molar-refractivity contribution in [2.45, 2.75) is 33.1 Å². The zero-order chi connectivity index (χ0) is 16.1. The van der Waals surface area contributed by atoms with Gasteiger partial charge >= 0.3 is 0 Å². The van der Waals surface area contributed by atoms with Gasteiger partial charge in [0.2, 0.25) is 0 Å². The number of benzene rings is 1. The van der Waals surface area contributed by atoms with Crippen molar-refractivity contribution in [3.05, 3.63) is 34.0 Å². The van der Waals surface area contributed by atoms with E-state index in [1.807, 2.05) is 13.0 Å². The van der Waals surface area contributed by atoms with Crippen LogP contribution in [0.2, 0.25) is 0 Å². The highest BCUT2D eigenvalue weighted by atomic mass is 16.6. The third kappa shape index (κ3) is 2.95. The van der Waals surface area contributed by atoms with Crippen molar-refractivity contribution < 1.29 is 14.4 Å². The van der Waals surface area contributed by atoms with E-state index >= 15 is 0 Å². The van der Waals surface area contributed by atoms with Crippen LogP contribution in [-0.4, -0.2) is 23.6 Å². The van der Waals surface area contributed by atoms with Crippen LogP contribution in [0, 0.1) is 10.1 Å². The van der Waals surface area contributed by atoms with Crippen molar-refractivity contribution in [1.82, 2.24) is 4.98 Å². The zero-order valence-corrected chi connectivity index (χ0v) is 13.1. The average Bonchev–Trinajstić information content (AvgIpc) is 2.53. The SMILES string of the molecule is CCCCOc1c(OC)cc([N+](=O)[O-])c2nccc(CC)c12. The third-order valence-electron chi connectivity index (χ3n) is 3.54. The molecule has 0 unspecified atom stereocenters. The monoisotopic (exact) mass is 304 g/mol. The number of fused-ring (bicyclic) bond motifs is 1. The molecule has 0 aliphatic heterocycles. The molecule has 0 N–H and O–H groups in total. The van der Waals surface area contributed by atoms with Gasteiger partial charge in [-0.15, -0.1) is 0 Å². The Labute approximate surface area is 129 Å². The highest BCUT2D eigenvalue weighted by Gasteiger charge is 2.23. The van der Waals surface area contributed by atoms with E-state index in [9.17, 15) is 10.1 Å². The van der Waals surface area contributed by atoms with E-state index in [0.29, 0.717) is 29.0 Å². The highest BCUT2D eigenvalue weighted by molar-refractivity contribution is 5.97. The first-order valence-electron chi connectivity index (χ1n) is 7.39. The van der Waals surface area contributed by atoms with Crippen molar-refractivity contribution in [1.29, 1.82) is 0 Å². The van der Waals surface area contributed by atoms with E-state index in [4.69, 9.17) is 9.47 Å². The van der Waals surface area contributed by atoms with E-state index in [1.54, 1.807) is 6.20 Å². The summed E-state index contributed by atoms with van der Waals surface area (Å²) < 4.78 is 11.2. The van der Waals surface area contributed by atoms with Crippen LogP contribution in [0.4, 0.5) is 5.69 Å². The van der Waals surface area contributed by atoms with Crippen LogP contribution in [0.1, 0.15) is 32.3 Å². The standard InChI is InChI=1S/C16H20N2O4/c1-4-6-9-22-16-13(21-3)10-12(18(19)20)15-14(16)11(5-2)7-8-17-15/h7-8,10H,4-6,9H2,1-3H3.